The van der Waals surface area contributed by atoms with Crippen molar-refractivity contribution in [1.29, 1.82) is 0 Å². The summed E-state index contributed by atoms with van der Waals surface area (Å²) in [7, 11) is 0. The molecule has 2 aliphatic rings. The van der Waals surface area contributed by atoms with Crippen molar-refractivity contribution < 1.29 is 4.79 Å². The van der Waals surface area contributed by atoms with Crippen LogP contribution in [0, 0.1) is 0 Å². The van der Waals surface area contributed by atoms with Gasteiger partial charge in [0.1, 0.15) is 0 Å². The van der Waals surface area contributed by atoms with Gasteiger partial charge in [-0.2, -0.15) is 0 Å². The monoisotopic (exact) mass is 168 g/mol. The Labute approximate surface area is 73.1 Å². The Balaban J connectivity index is 2.10. The third-order valence-corrected chi connectivity index (χ3v) is 2.97. The Morgan fingerprint density at radius 1 is 1.42 bits per heavy atom. The first kappa shape index (κ1) is 8.05. The SMILES string of the molecule is CCC(=O)N1C2CC[C@@H]1CNC2. The molecule has 0 aromatic carbocycles. The average Bonchev–Trinajstić information content (AvgIpc) is 2.35. The van der Waals surface area contributed by atoms with Crippen LogP contribution in [0.1, 0.15) is 26.2 Å². The summed E-state index contributed by atoms with van der Waals surface area (Å²) < 4.78 is 0. The molecule has 68 valence electrons. The fraction of sp³-hybridized carbons (Fsp3) is 0.889. The molecule has 1 unspecified atom stereocenters. The van der Waals surface area contributed by atoms with Crippen LogP contribution >= 0.6 is 0 Å². The van der Waals surface area contributed by atoms with Crippen molar-refractivity contribution in [1.82, 2.24) is 10.2 Å². The Kier molecular flexibility index (Phi) is 2.05. The van der Waals surface area contributed by atoms with Gasteiger partial charge in [0.25, 0.3) is 0 Å². The highest BCUT2D eigenvalue weighted by Gasteiger charge is 2.38. The highest BCUT2D eigenvalue weighted by Crippen LogP contribution is 2.26. The van der Waals surface area contributed by atoms with Crippen molar-refractivity contribution in [2.75, 3.05) is 13.1 Å². The van der Waals surface area contributed by atoms with E-state index in [0.717, 1.165) is 13.1 Å². The summed E-state index contributed by atoms with van der Waals surface area (Å²) >= 11 is 0. The number of rotatable bonds is 1. The topological polar surface area (TPSA) is 32.3 Å². The van der Waals surface area contributed by atoms with Crippen LogP contribution in [0.3, 0.4) is 0 Å². The number of carbonyl (C=O) groups is 1. The molecule has 3 heteroatoms. The zero-order valence-corrected chi connectivity index (χ0v) is 7.55. The molecule has 2 saturated heterocycles. The summed E-state index contributed by atoms with van der Waals surface area (Å²) in [5.41, 5.74) is 0. The molecule has 2 heterocycles. The van der Waals surface area contributed by atoms with Gasteiger partial charge in [-0.05, 0) is 12.8 Å². The van der Waals surface area contributed by atoms with Crippen LogP contribution in [0.5, 0.6) is 0 Å². The van der Waals surface area contributed by atoms with E-state index in [1.807, 2.05) is 6.92 Å². The molecule has 3 nitrogen and oxygen atoms in total. The summed E-state index contributed by atoms with van der Waals surface area (Å²) in [6.45, 7) is 3.95. The van der Waals surface area contributed by atoms with Crippen molar-refractivity contribution in [3.63, 3.8) is 0 Å². The molecule has 2 fully saturated rings. The Morgan fingerprint density at radius 3 is 2.50 bits per heavy atom. The largest absolute Gasteiger partial charge is 0.334 e. The van der Waals surface area contributed by atoms with Crippen LogP contribution in [0.15, 0.2) is 0 Å². The molecule has 12 heavy (non-hydrogen) atoms. The first-order chi connectivity index (χ1) is 5.83. The van der Waals surface area contributed by atoms with E-state index in [4.69, 9.17) is 0 Å². The number of hydrogen-bond donors (Lipinski definition) is 1. The smallest absolute Gasteiger partial charge is 0.222 e. The molecule has 2 atom stereocenters. The molecule has 0 radical (unpaired) electrons. The van der Waals surface area contributed by atoms with E-state index < -0.39 is 0 Å². The number of nitrogens with zero attached hydrogens (tertiary/aromatic N) is 1. The van der Waals surface area contributed by atoms with Gasteiger partial charge in [0, 0.05) is 31.6 Å². The third kappa shape index (κ3) is 1.12. The zero-order valence-electron chi connectivity index (χ0n) is 7.55. The molecular weight excluding hydrogens is 152 g/mol. The first-order valence-electron chi connectivity index (χ1n) is 4.84. The molecule has 0 aromatic rings. The summed E-state index contributed by atoms with van der Waals surface area (Å²) in [4.78, 5) is 13.6. The quantitative estimate of drug-likeness (QED) is 0.613. The first-order valence-corrected chi connectivity index (χ1v) is 4.84. The second kappa shape index (κ2) is 3.05. The van der Waals surface area contributed by atoms with Crippen LogP contribution in [-0.4, -0.2) is 36.0 Å². The maximum atomic E-state index is 11.5. The standard InChI is InChI=1S/C9H16N2O/c1-2-9(12)11-7-3-4-8(11)6-10-5-7/h7-8,10H,2-6H2,1H3/t7-,8?/m1/s1. The minimum Gasteiger partial charge on any atom is -0.334 e. The fourth-order valence-electron chi connectivity index (χ4n) is 2.37. The zero-order chi connectivity index (χ0) is 8.55. The summed E-state index contributed by atoms with van der Waals surface area (Å²) in [6.07, 6.45) is 3.06. The second-order valence-electron chi connectivity index (χ2n) is 3.70. The summed E-state index contributed by atoms with van der Waals surface area (Å²) in [5, 5.41) is 3.36. The Bertz CT molecular complexity index is 177. The van der Waals surface area contributed by atoms with Gasteiger partial charge in [-0.25, -0.2) is 0 Å². The average molecular weight is 168 g/mol. The van der Waals surface area contributed by atoms with Crippen molar-refractivity contribution in [2.24, 2.45) is 0 Å². The van der Waals surface area contributed by atoms with Gasteiger partial charge in [-0.1, -0.05) is 6.92 Å². The Hall–Kier alpha value is -0.570. The molecule has 0 aromatic heterocycles. The highest BCUT2D eigenvalue weighted by molar-refractivity contribution is 5.77. The number of carbonyl (C=O) groups excluding carboxylic acids is 1. The highest BCUT2D eigenvalue weighted by atomic mass is 16.2. The van der Waals surface area contributed by atoms with Gasteiger partial charge in [0.15, 0.2) is 0 Å². The van der Waals surface area contributed by atoms with Gasteiger partial charge >= 0.3 is 0 Å². The van der Waals surface area contributed by atoms with Gasteiger partial charge in [-0.3, -0.25) is 4.79 Å². The predicted molar refractivity (Wildman–Crippen MR) is 46.8 cm³/mol. The molecule has 2 bridgehead atoms. The summed E-state index contributed by atoms with van der Waals surface area (Å²) in [6, 6.07) is 0.993. The van der Waals surface area contributed by atoms with Crippen molar-refractivity contribution in [3.05, 3.63) is 0 Å². The van der Waals surface area contributed by atoms with E-state index in [0.29, 0.717) is 24.4 Å². The third-order valence-electron chi connectivity index (χ3n) is 2.97. The molecule has 0 aliphatic carbocycles. The van der Waals surface area contributed by atoms with Gasteiger partial charge in [-0.15, -0.1) is 0 Å². The minimum atomic E-state index is 0.337. The van der Waals surface area contributed by atoms with Crippen LogP contribution in [0.25, 0.3) is 0 Å². The molecule has 1 N–H and O–H groups in total. The lowest BCUT2D eigenvalue weighted by Crippen LogP contribution is -2.53. The van der Waals surface area contributed by atoms with Crippen molar-refractivity contribution in [2.45, 2.75) is 38.3 Å². The minimum absolute atomic E-state index is 0.337. The van der Waals surface area contributed by atoms with Crippen LogP contribution in [0.4, 0.5) is 0 Å². The van der Waals surface area contributed by atoms with E-state index in [1.54, 1.807) is 0 Å². The molecule has 2 aliphatic heterocycles. The Morgan fingerprint density at radius 2 is 2.00 bits per heavy atom. The van der Waals surface area contributed by atoms with Crippen molar-refractivity contribution in [3.8, 4) is 0 Å². The van der Waals surface area contributed by atoms with E-state index in [-0.39, 0.29) is 0 Å². The van der Waals surface area contributed by atoms with Crippen LogP contribution in [0.2, 0.25) is 0 Å². The van der Waals surface area contributed by atoms with Gasteiger partial charge in [0.2, 0.25) is 5.91 Å². The number of nitrogens with one attached hydrogen (secondary N) is 1. The number of hydrogen-bond acceptors (Lipinski definition) is 2. The van der Waals surface area contributed by atoms with Crippen LogP contribution in [-0.2, 0) is 4.79 Å². The molecule has 0 saturated carbocycles. The van der Waals surface area contributed by atoms with Gasteiger partial charge in [0.05, 0.1) is 0 Å². The summed E-state index contributed by atoms with van der Waals surface area (Å²) in [5.74, 6) is 0.337. The van der Waals surface area contributed by atoms with E-state index in [2.05, 4.69) is 10.2 Å². The van der Waals surface area contributed by atoms with E-state index in [1.165, 1.54) is 12.8 Å². The van der Waals surface area contributed by atoms with Gasteiger partial charge < -0.3 is 10.2 Å². The second-order valence-corrected chi connectivity index (χ2v) is 3.70. The lowest BCUT2D eigenvalue weighted by Gasteiger charge is -2.35. The fourth-order valence-corrected chi connectivity index (χ4v) is 2.37. The predicted octanol–water partition coefficient (Wildman–Crippen LogP) is 0.359. The molecule has 1 amide bonds. The number of fused-ring (bicyclic) bond motifs is 2. The van der Waals surface area contributed by atoms with Crippen molar-refractivity contribution >= 4 is 5.91 Å². The molecule has 0 spiro atoms. The molecule has 2 rings (SSSR count). The maximum absolute atomic E-state index is 11.5. The van der Waals surface area contributed by atoms with Crippen LogP contribution < -0.4 is 5.32 Å². The maximum Gasteiger partial charge on any atom is 0.222 e. The molecular formula is C9H16N2O. The van der Waals surface area contributed by atoms with E-state index >= 15 is 0 Å². The lowest BCUT2D eigenvalue weighted by atomic mass is 10.2. The lowest BCUT2D eigenvalue weighted by molar-refractivity contribution is -0.134. The van der Waals surface area contributed by atoms with E-state index in [9.17, 15) is 4.79 Å². The normalized spacial score (nSPS) is 33.9. The number of amides is 1. The number of piperazine rings is 1.